The summed E-state index contributed by atoms with van der Waals surface area (Å²) < 4.78 is 117. The van der Waals surface area contributed by atoms with Crippen LogP contribution in [0.5, 0.6) is 0 Å². The molecule has 18 heavy (non-hydrogen) atoms. The van der Waals surface area contributed by atoms with Gasteiger partial charge in [0.1, 0.15) is 0 Å². The first-order valence-corrected chi connectivity index (χ1v) is 3.12. The van der Waals surface area contributed by atoms with E-state index < -0.39 is 21.8 Å². The monoisotopic (exact) mass is 328 g/mol. The molecule has 0 heterocycles. The van der Waals surface area contributed by atoms with Gasteiger partial charge >= 0.3 is 73.1 Å². The van der Waals surface area contributed by atoms with Crippen LogP contribution in [-0.4, -0.2) is 21.8 Å². The van der Waals surface area contributed by atoms with Crippen molar-refractivity contribution < 1.29 is 103 Å². The van der Waals surface area contributed by atoms with E-state index in [2.05, 4.69) is 13.2 Å². The molecule has 0 aromatic carbocycles. The Morgan fingerprint density at radius 3 is 0.389 bits per heavy atom. The summed E-state index contributed by atoms with van der Waals surface area (Å²) in [6.07, 6.45) is 0. The van der Waals surface area contributed by atoms with Crippen molar-refractivity contribution in [1.29, 1.82) is 0 Å². The molecule has 0 fully saturated rings. The maximum absolute atomic E-state index is 9.75. The van der Waals surface area contributed by atoms with E-state index in [1.54, 1.807) is 0 Å². The van der Waals surface area contributed by atoms with Crippen LogP contribution >= 0.6 is 0 Å². The van der Waals surface area contributed by atoms with Crippen LogP contribution in [-0.2, 0) is 0 Å². The fourth-order valence-electron chi connectivity index (χ4n) is 0. The molecule has 0 aromatic rings. The largest absolute Gasteiger partial charge is 1.00 e. The SMILES string of the molecule is C=C.F[B-](F)(F)F.F[B-](F)(F)F.F[B-](F)(F)F.[K+]. The molecule has 0 aromatic heterocycles. The van der Waals surface area contributed by atoms with Crippen molar-refractivity contribution in [2.75, 3.05) is 0 Å². The molecule has 0 atom stereocenters. The van der Waals surface area contributed by atoms with Crippen molar-refractivity contribution in [1.82, 2.24) is 0 Å². The second-order valence-corrected chi connectivity index (χ2v) is 1.48. The maximum Gasteiger partial charge on any atom is 1.00 e. The van der Waals surface area contributed by atoms with Gasteiger partial charge < -0.3 is 51.8 Å². The molecule has 0 spiro atoms. The summed E-state index contributed by atoms with van der Waals surface area (Å²) >= 11 is 0. The van der Waals surface area contributed by atoms with Crippen LogP contribution in [0, 0.1) is 0 Å². The van der Waals surface area contributed by atoms with Crippen molar-refractivity contribution in [2.24, 2.45) is 0 Å². The first-order chi connectivity index (χ1) is 7.00. The molecule has 16 heteroatoms. The zero-order chi connectivity index (χ0) is 15.5. The molecule has 0 aliphatic rings. The Hall–Kier alpha value is 0.731. The van der Waals surface area contributed by atoms with Gasteiger partial charge in [-0.2, -0.15) is 0 Å². The van der Waals surface area contributed by atoms with Gasteiger partial charge in [0, 0.05) is 0 Å². The van der Waals surface area contributed by atoms with Gasteiger partial charge in [-0.1, -0.05) is 0 Å². The van der Waals surface area contributed by atoms with Crippen molar-refractivity contribution >= 4 is 21.8 Å². The van der Waals surface area contributed by atoms with Gasteiger partial charge in [-0.3, -0.25) is 0 Å². The van der Waals surface area contributed by atoms with E-state index in [-0.39, 0.29) is 51.4 Å². The summed E-state index contributed by atoms with van der Waals surface area (Å²) in [6.45, 7) is 6.00. The van der Waals surface area contributed by atoms with Gasteiger partial charge in [-0.05, 0) is 0 Å². The van der Waals surface area contributed by atoms with Gasteiger partial charge in [0.2, 0.25) is 0 Å². The van der Waals surface area contributed by atoms with Crippen molar-refractivity contribution in [2.45, 2.75) is 0 Å². The molecule has 0 amide bonds. The Morgan fingerprint density at radius 1 is 0.389 bits per heavy atom. The third-order valence-corrected chi connectivity index (χ3v) is 0. The molecule has 0 radical (unpaired) electrons. The summed E-state index contributed by atoms with van der Waals surface area (Å²) in [6, 6.07) is 0. The minimum absolute atomic E-state index is 0. The standard InChI is InChI=1S/C2H4.3BF4.K/c1-2;3*2-1(3,4)5;/h1-2H2;;;;/q;3*-1;+1. The summed E-state index contributed by atoms with van der Waals surface area (Å²) in [5.74, 6) is 0. The number of rotatable bonds is 0. The number of hydrogen-bond donors (Lipinski definition) is 0. The minimum Gasteiger partial charge on any atom is -0.418 e. The van der Waals surface area contributed by atoms with Crippen molar-refractivity contribution in [3.05, 3.63) is 13.2 Å². The first-order valence-electron chi connectivity index (χ1n) is 3.12. The molecule has 0 bridgehead atoms. The van der Waals surface area contributed by atoms with Crippen LogP contribution in [0.25, 0.3) is 0 Å². The molecule has 0 aliphatic heterocycles. The molecular formula is C2H4B3F12K-2. The molecule has 108 valence electrons. The van der Waals surface area contributed by atoms with Crippen LogP contribution in [0.15, 0.2) is 13.2 Å². The second-order valence-electron chi connectivity index (χ2n) is 1.48. The fourth-order valence-corrected chi connectivity index (χ4v) is 0. The predicted molar refractivity (Wildman–Crippen MR) is 41.8 cm³/mol. The third-order valence-electron chi connectivity index (χ3n) is 0. The Kier molecular flexibility index (Phi) is 24.5. The Bertz CT molecular complexity index is 112. The minimum atomic E-state index is -6.00. The van der Waals surface area contributed by atoms with Crippen molar-refractivity contribution in [3.8, 4) is 0 Å². The smallest absolute Gasteiger partial charge is 0.418 e. The summed E-state index contributed by atoms with van der Waals surface area (Å²) in [5, 5.41) is 0. The van der Waals surface area contributed by atoms with E-state index in [0.29, 0.717) is 0 Å². The number of hydrogen-bond acceptors (Lipinski definition) is 0. The quantitative estimate of drug-likeness (QED) is 0.361. The summed E-state index contributed by atoms with van der Waals surface area (Å²) in [5.41, 5.74) is 0. The van der Waals surface area contributed by atoms with Crippen LogP contribution < -0.4 is 51.4 Å². The van der Waals surface area contributed by atoms with Gasteiger partial charge in [-0.15, -0.1) is 13.2 Å². The predicted octanol–water partition coefficient (Wildman–Crippen LogP) is 1.71. The first kappa shape index (κ1) is 31.2. The Morgan fingerprint density at radius 2 is 0.389 bits per heavy atom. The third kappa shape index (κ3) is 7740. The zero-order valence-corrected chi connectivity index (χ0v) is 11.8. The van der Waals surface area contributed by atoms with E-state index in [9.17, 15) is 51.8 Å². The summed E-state index contributed by atoms with van der Waals surface area (Å²) in [7, 11) is -18.0. The van der Waals surface area contributed by atoms with Gasteiger partial charge in [0.05, 0.1) is 0 Å². The van der Waals surface area contributed by atoms with E-state index in [1.165, 1.54) is 0 Å². The maximum atomic E-state index is 9.75. The molecular weight excluding hydrogens is 324 g/mol. The van der Waals surface area contributed by atoms with Gasteiger partial charge in [-0.25, -0.2) is 0 Å². The van der Waals surface area contributed by atoms with Gasteiger partial charge in [0.15, 0.2) is 0 Å². The van der Waals surface area contributed by atoms with Crippen LogP contribution in [0.2, 0.25) is 0 Å². The topological polar surface area (TPSA) is 0 Å². The summed E-state index contributed by atoms with van der Waals surface area (Å²) in [4.78, 5) is 0. The van der Waals surface area contributed by atoms with Crippen molar-refractivity contribution in [3.63, 3.8) is 0 Å². The Balaban J connectivity index is -0.0000000427. The molecule has 0 saturated heterocycles. The zero-order valence-electron chi connectivity index (χ0n) is 8.68. The Labute approximate surface area is 137 Å². The molecule has 0 saturated carbocycles. The average molecular weight is 328 g/mol. The van der Waals surface area contributed by atoms with E-state index in [1.807, 2.05) is 0 Å². The number of halogens is 12. The van der Waals surface area contributed by atoms with E-state index >= 15 is 0 Å². The molecule has 0 aliphatic carbocycles. The fraction of sp³-hybridized carbons (Fsp3) is 0. The normalized spacial score (nSPS) is 10.2. The van der Waals surface area contributed by atoms with Crippen LogP contribution in [0.3, 0.4) is 0 Å². The van der Waals surface area contributed by atoms with E-state index in [4.69, 9.17) is 0 Å². The molecule has 0 N–H and O–H groups in total. The molecule has 0 unspecified atom stereocenters. The van der Waals surface area contributed by atoms with Crippen LogP contribution in [0.1, 0.15) is 0 Å². The van der Waals surface area contributed by atoms with Crippen LogP contribution in [0.4, 0.5) is 51.8 Å². The van der Waals surface area contributed by atoms with Gasteiger partial charge in [0.25, 0.3) is 0 Å². The molecule has 0 rings (SSSR count). The van der Waals surface area contributed by atoms with E-state index in [0.717, 1.165) is 0 Å². The average Bonchev–Trinajstić information content (AvgIpc) is 1.77. The molecule has 0 nitrogen and oxygen atoms in total. The second kappa shape index (κ2) is 14.1.